The van der Waals surface area contributed by atoms with Crippen LogP contribution < -0.4 is 0 Å². The van der Waals surface area contributed by atoms with Gasteiger partial charge in [-0.05, 0) is 24.8 Å². The second-order valence-electron chi connectivity index (χ2n) is 3.82. The average Bonchev–Trinajstić information content (AvgIpc) is 2.88. The van der Waals surface area contributed by atoms with E-state index in [-0.39, 0.29) is 16.8 Å². The number of esters is 1. The van der Waals surface area contributed by atoms with Crippen molar-refractivity contribution in [2.24, 2.45) is 0 Å². The molecule has 18 heavy (non-hydrogen) atoms. The Morgan fingerprint density at radius 3 is 2.67 bits per heavy atom. The van der Waals surface area contributed by atoms with Crippen LogP contribution >= 0.6 is 11.3 Å². The van der Waals surface area contributed by atoms with Crippen LogP contribution in [0.25, 0.3) is 0 Å². The molecule has 102 valence electrons. The van der Waals surface area contributed by atoms with Crippen molar-refractivity contribution >= 4 is 27.3 Å². The Labute approximate surface area is 111 Å². The smallest absolute Gasteiger partial charge is 0.321 e. The van der Waals surface area contributed by atoms with Gasteiger partial charge >= 0.3 is 5.97 Å². The standard InChI is InChI=1S/C11H17NO4S2/c1-4-9(2)12(8-10(13)16-3)18(14,15)11-6-5-7-17-11/h5-7,9H,4,8H2,1-3H3/t9-/m0/s1. The Morgan fingerprint density at radius 1 is 1.56 bits per heavy atom. The molecule has 0 fully saturated rings. The van der Waals surface area contributed by atoms with Crippen LogP contribution in [0.3, 0.4) is 0 Å². The van der Waals surface area contributed by atoms with Crippen molar-refractivity contribution in [2.45, 2.75) is 30.5 Å². The number of ether oxygens (including phenoxy) is 1. The Bertz CT molecular complexity index is 481. The molecule has 0 aliphatic rings. The molecule has 1 heterocycles. The molecule has 0 aromatic carbocycles. The molecule has 0 saturated carbocycles. The number of carbonyl (C=O) groups excluding carboxylic acids is 1. The van der Waals surface area contributed by atoms with Gasteiger partial charge in [0.05, 0.1) is 7.11 Å². The molecule has 0 N–H and O–H groups in total. The maximum Gasteiger partial charge on any atom is 0.321 e. The van der Waals surface area contributed by atoms with Gasteiger partial charge in [-0.1, -0.05) is 13.0 Å². The highest BCUT2D eigenvalue weighted by atomic mass is 32.2. The quantitative estimate of drug-likeness (QED) is 0.749. The number of sulfonamides is 1. The van der Waals surface area contributed by atoms with Crippen molar-refractivity contribution in [1.82, 2.24) is 4.31 Å². The van der Waals surface area contributed by atoms with Gasteiger partial charge in [0.1, 0.15) is 10.8 Å². The molecule has 0 aliphatic carbocycles. The van der Waals surface area contributed by atoms with Crippen molar-refractivity contribution in [1.29, 1.82) is 0 Å². The molecule has 0 radical (unpaired) electrons. The fourth-order valence-electron chi connectivity index (χ4n) is 1.40. The Balaban J connectivity index is 3.07. The summed E-state index contributed by atoms with van der Waals surface area (Å²) in [6, 6.07) is 2.95. The lowest BCUT2D eigenvalue weighted by atomic mass is 10.2. The first-order chi connectivity index (χ1) is 8.43. The summed E-state index contributed by atoms with van der Waals surface area (Å²) in [5.41, 5.74) is 0. The van der Waals surface area contributed by atoms with E-state index in [0.717, 1.165) is 11.3 Å². The number of nitrogens with zero attached hydrogens (tertiary/aromatic N) is 1. The number of methoxy groups -OCH3 is 1. The molecule has 0 aliphatic heterocycles. The van der Waals surface area contributed by atoms with Crippen molar-refractivity contribution < 1.29 is 17.9 Å². The van der Waals surface area contributed by atoms with E-state index >= 15 is 0 Å². The van der Waals surface area contributed by atoms with Crippen molar-refractivity contribution in [3.63, 3.8) is 0 Å². The third-order valence-corrected chi connectivity index (χ3v) is 5.99. The molecule has 1 aromatic rings. The molecular formula is C11H17NO4S2. The highest BCUT2D eigenvalue weighted by Gasteiger charge is 2.31. The van der Waals surface area contributed by atoms with Gasteiger partial charge < -0.3 is 4.74 Å². The highest BCUT2D eigenvalue weighted by Crippen LogP contribution is 2.23. The second kappa shape index (κ2) is 6.31. The largest absolute Gasteiger partial charge is 0.468 e. The van der Waals surface area contributed by atoms with E-state index in [1.165, 1.54) is 17.5 Å². The third-order valence-electron chi connectivity index (χ3n) is 2.65. The zero-order valence-electron chi connectivity index (χ0n) is 10.6. The van der Waals surface area contributed by atoms with Crippen LogP contribution in [0.4, 0.5) is 0 Å². The van der Waals surface area contributed by atoms with Crippen LogP contribution in [0.5, 0.6) is 0 Å². The number of rotatable bonds is 6. The first kappa shape index (κ1) is 15.1. The summed E-state index contributed by atoms with van der Waals surface area (Å²) < 4.78 is 30.7. The minimum absolute atomic E-state index is 0.242. The Hall–Kier alpha value is -0.920. The maximum atomic E-state index is 12.4. The molecule has 0 saturated heterocycles. The van der Waals surface area contributed by atoms with Gasteiger partial charge in [0.2, 0.25) is 0 Å². The van der Waals surface area contributed by atoms with E-state index in [1.54, 1.807) is 18.4 Å². The fraction of sp³-hybridized carbons (Fsp3) is 0.545. The lowest BCUT2D eigenvalue weighted by Gasteiger charge is -2.25. The maximum absolute atomic E-state index is 12.4. The minimum atomic E-state index is -3.62. The van der Waals surface area contributed by atoms with Crippen LogP contribution in [-0.4, -0.2) is 38.4 Å². The SMILES string of the molecule is CC[C@H](C)N(CC(=O)OC)S(=O)(=O)c1cccs1. The summed E-state index contributed by atoms with van der Waals surface area (Å²) in [5.74, 6) is -0.560. The molecule has 5 nitrogen and oxygen atoms in total. The van der Waals surface area contributed by atoms with E-state index in [1.807, 2.05) is 6.92 Å². The van der Waals surface area contributed by atoms with Gasteiger partial charge in [-0.25, -0.2) is 8.42 Å². The minimum Gasteiger partial charge on any atom is -0.468 e. The molecular weight excluding hydrogens is 274 g/mol. The van der Waals surface area contributed by atoms with Crippen LogP contribution in [0, 0.1) is 0 Å². The molecule has 0 amide bonds. The predicted molar refractivity (Wildman–Crippen MR) is 70.0 cm³/mol. The third kappa shape index (κ3) is 3.30. The van der Waals surface area contributed by atoms with Gasteiger partial charge in [0, 0.05) is 6.04 Å². The number of hydrogen-bond donors (Lipinski definition) is 0. The summed E-state index contributed by atoms with van der Waals surface area (Å²) in [6.07, 6.45) is 0.627. The van der Waals surface area contributed by atoms with Gasteiger partial charge in [-0.2, -0.15) is 4.31 Å². The van der Waals surface area contributed by atoms with Gasteiger partial charge in [0.15, 0.2) is 0 Å². The van der Waals surface area contributed by atoms with Gasteiger partial charge in [0.25, 0.3) is 10.0 Å². The summed E-state index contributed by atoms with van der Waals surface area (Å²) in [5, 5.41) is 1.69. The predicted octanol–water partition coefficient (Wildman–Crippen LogP) is 1.71. The fourth-order valence-corrected chi connectivity index (χ4v) is 4.17. The van der Waals surface area contributed by atoms with Crippen LogP contribution in [0.15, 0.2) is 21.7 Å². The molecule has 1 rings (SSSR count). The van der Waals surface area contributed by atoms with E-state index in [0.29, 0.717) is 6.42 Å². The molecule has 0 unspecified atom stereocenters. The van der Waals surface area contributed by atoms with E-state index in [2.05, 4.69) is 4.74 Å². The molecule has 0 spiro atoms. The van der Waals surface area contributed by atoms with Crippen molar-refractivity contribution in [2.75, 3.05) is 13.7 Å². The average molecular weight is 291 g/mol. The zero-order chi connectivity index (χ0) is 13.8. The van der Waals surface area contributed by atoms with Crippen molar-refractivity contribution in [3.05, 3.63) is 17.5 Å². The Morgan fingerprint density at radius 2 is 2.22 bits per heavy atom. The first-order valence-electron chi connectivity index (χ1n) is 5.55. The first-order valence-corrected chi connectivity index (χ1v) is 7.87. The van der Waals surface area contributed by atoms with E-state index < -0.39 is 16.0 Å². The van der Waals surface area contributed by atoms with Crippen LogP contribution in [0.2, 0.25) is 0 Å². The summed E-state index contributed by atoms with van der Waals surface area (Å²) >= 11 is 1.14. The molecule has 7 heteroatoms. The lowest BCUT2D eigenvalue weighted by Crippen LogP contribution is -2.41. The second-order valence-corrected chi connectivity index (χ2v) is 6.88. The molecule has 0 bridgehead atoms. The number of thiophene rings is 1. The monoisotopic (exact) mass is 291 g/mol. The van der Waals surface area contributed by atoms with Crippen LogP contribution in [-0.2, 0) is 19.6 Å². The van der Waals surface area contributed by atoms with Crippen LogP contribution in [0.1, 0.15) is 20.3 Å². The zero-order valence-corrected chi connectivity index (χ0v) is 12.3. The Kier molecular flexibility index (Phi) is 5.30. The summed E-state index contributed by atoms with van der Waals surface area (Å²) in [4.78, 5) is 11.3. The normalized spacial score (nSPS) is 13.6. The van der Waals surface area contributed by atoms with Gasteiger partial charge in [-0.3, -0.25) is 4.79 Å². The summed E-state index contributed by atoms with van der Waals surface area (Å²) in [6.45, 7) is 3.39. The topological polar surface area (TPSA) is 63.7 Å². The lowest BCUT2D eigenvalue weighted by molar-refractivity contribution is -0.141. The van der Waals surface area contributed by atoms with Crippen molar-refractivity contribution in [3.8, 4) is 0 Å². The van der Waals surface area contributed by atoms with Gasteiger partial charge in [-0.15, -0.1) is 11.3 Å². The highest BCUT2D eigenvalue weighted by molar-refractivity contribution is 7.91. The van der Waals surface area contributed by atoms with E-state index in [9.17, 15) is 13.2 Å². The molecule has 1 aromatic heterocycles. The number of hydrogen-bond acceptors (Lipinski definition) is 5. The summed E-state index contributed by atoms with van der Waals surface area (Å²) in [7, 11) is -2.38. The molecule has 1 atom stereocenters. The van der Waals surface area contributed by atoms with E-state index in [4.69, 9.17) is 0 Å². The number of carbonyl (C=O) groups is 1.